The Hall–Kier alpha value is -0.310. The number of rotatable bonds is 2. The average Bonchev–Trinajstić information content (AvgIpc) is 2.09. The third-order valence-electron chi connectivity index (χ3n) is 1.26. The number of halogens is 4. The summed E-state index contributed by atoms with van der Waals surface area (Å²) in [7, 11) is 0. The first-order chi connectivity index (χ1) is 6.13. The van der Waals surface area contributed by atoms with Crippen molar-refractivity contribution in [2.24, 2.45) is 4.99 Å². The Morgan fingerprint density at radius 2 is 2.08 bits per heavy atom. The van der Waals surface area contributed by atoms with E-state index in [1.54, 1.807) is 12.1 Å². The van der Waals surface area contributed by atoms with Crippen molar-refractivity contribution in [2.45, 2.75) is 0 Å². The van der Waals surface area contributed by atoms with Gasteiger partial charge in [-0.1, -0.05) is 34.8 Å². The summed E-state index contributed by atoms with van der Waals surface area (Å²) in [5.74, 6) is 0. The highest BCUT2D eigenvalue weighted by molar-refractivity contribution is 6.66. The van der Waals surface area contributed by atoms with E-state index in [4.69, 9.17) is 34.8 Å². The molecule has 0 saturated heterocycles. The molecule has 0 saturated carbocycles. The molecule has 1 nitrogen and oxygen atoms in total. The summed E-state index contributed by atoms with van der Waals surface area (Å²) in [4.78, 5) is 3.73. The highest BCUT2D eigenvalue weighted by Gasteiger charge is 2.00. The van der Waals surface area contributed by atoms with Gasteiger partial charge in [-0.2, -0.15) is 0 Å². The standard InChI is InChI=1S/C8H5Cl3FN/c9-5-1-2-7(6(10)3-5)13-8(11)4-12/h1-3H,4H2. The van der Waals surface area contributed by atoms with E-state index in [0.717, 1.165) is 0 Å². The number of benzene rings is 1. The Morgan fingerprint density at radius 1 is 1.38 bits per heavy atom. The van der Waals surface area contributed by atoms with E-state index in [1.807, 2.05) is 0 Å². The van der Waals surface area contributed by atoms with E-state index in [1.165, 1.54) is 6.07 Å². The second-order valence-electron chi connectivity index (χ2n) is 2.22. The number of hydrogen-bond acceptors (Lipinski definition) is 1. The van der Waals surface area contributed by atoms with Gasteiger partial charge in [0.05, 0.1) is 10.7 Å². The number of alkyl halides is 1. The highest BCUT2D eigenvalue weighted by Crippen LogP contribution is 2.28. The van der Waals surface area contributed by atoms with Gasteiger partial charge in [0.25, 0.3) is 0 Å². The number of hydrogen-bond donors (Lipinski definition) is 0. The predicted octanol–water partition coefficient (Wildman–Crippen LogP) is 4.23. The molecule has 13 heavy (non-hydrogen) atoms. The van der Waals surface area contributed by atoms with Gasteiger partial charge >= 0.3 is 0 Å². The average molecular weight is 240 g/mol. The molecule has 0 heterocycles. The van der Waals surface area contributed by atoms with Gasteiger partial charge < -0.3 is 0 Å². The lowest BCUT2D eigenvalue weighted by Crippen LogP contribution is -1.87. The zero-order chi connectivity index (χ0) is 9.84. The Kier molecular flexibility index (Phi) is 3.97. The zero-order valence-electron chi connectivity index (χ0n) is 6.40. The van der Waals surface area contributed by atoms with E-state index in [-0.39, 0.29) is 5.17 Å². The van der Waals surface area contributed by atoms with Crippen LogP contribution in [0.15, 0.2) is 23.2 Å². The molecule has 0 aliphatic heterocycles. The van der Waals surface area contributed by atoms with Crippen molar-refractivity contribution in [1.82, 2.24) is 0 Å². The minimum absolute atomic E-state index is 0.135. The third-order valence-corrected chi connectivity index (χ3v) is 1.99. The van der Waals surface area contributed by atoms with Crippen LogP contribution in [-0.2, 0) is 0 Å². The summed E-state index contributed by atoms with van der Waals surface area (Å²) in [5.41, 5.74) is 0.411. The van der Waals surface area contributed by atoms with Crippen LogP contribution in [0.2, 0.25) is 10.0 Å². The molecule has 70 valence electrons. The van der Waals surface area contributed by atoms with Gasteiger partial charge in [0.1, 0.15) is 11.8 Å². The molecule has 0 aromatic heterocycles. The summed E-state index contributed by atoms with van der Waals surface area (Å²) in [6.07, 6.45) is 0. The molecule has 1 aromatic rings. The molecule has 0 fully saturated rings. The van der Waals surface area contributed by atoms with Crippen LogP contribution in [0.4, 0.5) is 10.1 Å². The fraction of sp³-hybridized carbons (Fsp3) is 0.125. The molecule has 1 aromatic carbocycles. The number of aliphatic imine (C=N–C) groups is 1. The van der Waals surface area contributed by atoms with E-state index in [2.05, 4.69) is 4.99 Å². The summed E-state index contributed by atoms with van der Waals surface area (Å²) < 4.78 is 12.0. The SMILES string of the molecule is FCC(Cl)=Nc1ccc(Cl)cc1Cl. The maximum Gasteiger partial charge on any atom is 0.142 e. The number of nitrogens with zero attached hydrogens (tertiary/aromatic N) is 1. The second-order valence-corrected chi connectivity index (χ2v) is 3.50. The van der Waals surface area contributed by atoms with Gasteiger partial charge in [-0.3, -0.25) is 0 Å². The first kappa shape index (κ1) is 10.8. The topological polar surface area (TPSA) is 12.4 Å². The maximum absolute atomic E-state index is 12.0. The first-order valence-electron chi connectivity index (χ1n) is 3.37. The Morgan fingerprint density at radius 3 is 2.62 bits per heavy atom. The van der Waals surface area contributed by atoms with E-state index in [9.17, 15) is 4.39 Å². The molecule has 0 aliphatic carbocycles. The molecular formula is C8H5Cl3FN. The van der Waals surface area contributed by atoms with Gasteiger partial charge in [-0.25, -0.2) is 9.38 Å². The van der Waals surface area contributed by atoms with Gasteiger partial charge in [0, 0.05) is 5.02 Å². The molecule has 0 bridgehead atoms. The third kappa shape index (κ3) is 3.14. The van der Waals surface area contributed by atoms with Gasteiger partial charge in [-0.15, -0.1) is 0 Å². The summed E-state index contributed by atoms with van der Waals surface area (Å²) in [5, 5.41) is 0.712. The molecule has 5 heteroatoms. The maximum atomic E-state index is 12.0. The molecule has 0 N–H and O–H groups in total. The molecule has 0 aliphatic rings. The predicted molar refractivity (Wildman–Crippen MR) is 55.4 cm³/mol. The van der Waals surface area contributed by atoms with Crippen molar-refractivity contribution in [3.8, 4) is 0 Å². The fourth-order valence-corrected chi connectivity index (χ4v) is 1.27. The van der Waals surface area contributed by atoms with Crippen LogP contribution in [0.25, 0.3) is 0 Å². The molecule has 1 rings (SSSR count). The Bertz CT molecular complexity index is 338. The first-order valence-corrected chi connectivity index (χ1v) is 4.51. The lowest BCUT2D eigenvalue weighted by atomic mass is 10.3. The van der Waals surface area contributed by atoms with E-state index < -0.39 is 6.67 Å². The normalized spacial score (nSPS) is 11.8. The summed E-state index contributed by atoms with van der Waals surface area (Å²) in [6, 6.07) is 4.70. The van der Waals surface area contributed by atoms with Crippen LogP contribution in [0, 0.1) is 0 Å². The van der Waals surface area contributed by atoms with Crippen molar-refractivity contribution < 1.29 is 4.39 Å². The fourth-order valence-electron chi connectivity index (χ4n) is 0.733. The van der Waals surface area contributed by atoms with Crippen molar-refractivity contribution >= 4 is 45.7 Å². The van der Waals surface area contributed by atoms with Gasteiger partial charge in [-0.05, 0) is 18.2 Å². The van der Waals surface area contributed by atoms with Gasteiger partial charge in [0.15, 0.2) is 0 Å². The van der Waals surface area contributed by atoms with Gasteiger partial charge in [0.2, 0.25) is 0 Å². The van der Waals surface area contributed by atoms with Crippen LogP contribution in [0.3, 0.4) is 0 Å². The molecule has 0 unspecified atom stereocenters. The van der Waals surface area contributed by atoms with E-state index >= 15 is 0 Å². The van der Waals surface area contributed by atoms with Crippen LogP contribution < -0.4 is 0 Å². The van der Waals surface area contributed by atoms with Crippen LogP contribution in [0.5, 0.6) is 0 Å². The Labute approximate surface area is 90.1 Å². The van der Waals surface area contributed by atoms with Crippen LogP contribution in [0.1, 0.15) is 0 Å². The summed E-state index contributed by atoms with van der Waals surface area (Å²) >= 11 is 16.8. The van der Waals surface area contributed by atoms with Crippen LogP contribution in [-0.4, -0.2) is 11.8 Å². The van der Waals surface area contributed by atoms with Crippen LogP contribution >= 0.6 is 34.8 Å². The van der Waals surface area contributed by atoms with E-state index in [0.29, 0.717) is 15.7 Å². The van der Waals surface area contributed by atoms with Crippen molar-refractivity contribution in [3.05, 3.63) is 28.2 Å². The Balaban J connectivity index is 3.03. The monoisotopic (exact) mass is 239 g/mol. The molecule has 0 radical (unpaired) electrons. The van der Waals surface area contributed by atoms with Crippen molar-refractivity contribution in [2.75, 3.05) is 6.67 Å². The summed E-state index contributed by atoms with van der Waals surface area (Å²) in [6.45, 7) is -0.805. The smallest absolute Gasteiger partial charge is 0.142 e. The van der Waals surface area contributed by atoms with Crippen molar-refractivity contribution in [3.63, 3.8) is 0 Å². The minimum Gasteiger partial charge on any atom is -0.243 e. The quantitative estimate of drug-likeness (QED) is 0.686. The second kappa shape index (κ2) is 4.80. The lowest BCUT2D eigenvalue weighted by molar-refractivity contribution is 0.585. The lowest BCUT2D eigenvalue weighted by Gasteiger charge is -1.98. The minimum atomic E-state index is -0.805. The highest BCUT2D eigenvalue weighted by atomic mass is 35.5. The molecular weight excluding hydrogens is 235 g/mol. The van der Waals surface area contributed by atoms with Crippen molar-refractivity contribution in [1.29, 1.82) is 0 Å². The zero-order valence-corrected chi connectivity index (χ0v) is 8.67. The molecule has 0 amide bonds. The molecule has 0 spiro atoms. The largest absolute Gasteiger partial charge is 0.243 e. The molecule has 0 atom stereocenters.